The number of carbonyl (C=O) groups is 2. The van der Waals surface area contributed by atoms with Crippen LogP contribution in [0, 0.1) is 0 Å². The molecule has 2 amide bonds. The zero-order valence-corrected chi connectivity index (χ0v) is 20.6. The van der Waals surface area contributed by atoms with Crippen LogP contribution in [0.5, 0.6) is 0 Å². The van der Waals surface area contributed by atoms with Crippen LogP contribution in [0.2, 0.25) is 0 Å². The smallest absolute Gasteiger partial charge is 0.341 e. The lowest BCUT2D eigenvalue weighted by Crippen LogP contribution is -2.30. The Bertz CT molecular complexity index is 991. The van der Waals surface area contributed by atoms with Crippen LogP contribution in [-0.4, -0.2) is 24.1 Å². The van der Waals surface area contributed by atoms with E-state index in [9.17, 15) is 9.59 Å². The van der Waals surface area contributed by atoms with Gasteiger partial charge in [0.1, 0.15) is 10.6 Å². The van der Waals surface area contributed by atoms with Crippen LogP contribution in [0.1, 0.15) is 64.0 Å². The number of hydrogen-bond donors (Lipinski definition) is 3. The first-order chi connectivity index (χ1) is 14.2. The Kier molecular flexibility index (Phi) is 6.25. The summed E-state index contributed by atoms with van der Waals surface area (Å²) in [6.07, 6.45) is 3.80. The van der Waals surface area contributed by atoms with E-state index >= 15 is 0 Å². The van der Waals surface area contributed by atoms with Gasteiger partial charge >= 0.3 is 12.0 Å². The van der Waals surface area contributed by atoms with Crippen LogP contribution in [0.3, 0.4) is 0 Å². The van der Waals surface area contributed by atoms with Crippen LogP contribution in [0.25, 0.3) is 0 Å². The van der Waals surface area contributed by atoms with E-state index in [0.29, 0.717) is 17.1 Å². The van der Waals surface area contributed by atoms with Crippen molar-refractivity contribution in [2.24, 2.45) is 0 Å². The fourth-order valence-electron chi connectivity index (χ4n) is 3.90. The van der Waals surface area contributed by atoms with Gasteiger partial charge in [-0.2, -0.15) is 0 Å². The van der Waals surface area contributed by atoms with Gasteiger partial charge in [-0.25, -0.2) is 9.59 Å². The number of hydrogen-bond acceptors (Lipinski definition) is 6. The number of aryl methyl sites for hydroxylation is 1. The predicted octanol–water partition coefficient (Wildman–Crippen LogP) is 4.98. The second-order valence-corrected chi connectivity index (χ2v) is 12.1. The summed E-state index contributed by atoms with van der Waals surface area (Å²) in [7, 11) is 0. The molecular formula is C21H26BrN3O3S2. The predicted molar refractivity (Wildman–Crippen MR) is 125 cm³/mol. The van der Waals surface area contributed by atoms with Gasteiger partial charge in [0.15, 0.2) is 0 Å². The van der Waals surface area contributed by atoms with Crippen LogP contribution in [0.4, 0.5) is 9.80 Å². The summed E-state index contributed by atoms with van der Waals surface area (Å²) < 4.78 is 6.68. The molecule has 0 radical (unpaired) electrons. The summed E-state index contributed by atoms with van der Waals surface area (Å²) >= 11 is 6.86. The highest BCUT2D eigenvalue weighted by molar-refractivity contribution is 9.11. The summed E-state index contributed by atoms with van der Waals surface area (Å²) in [6.45, 7) is 7.84. The van der Waals surface area contributed by atoms with E-state index in [0.717, 1.165) is 53.7 Å². The Morgan fingerprint density at radius 1 is 1.13 bits per heavy atom. The van der Waals surface area contributed by atoms with Crippen molar-refractivity contribution in [3.05, 3.63) is 35.8 Å². The second kappa shape index (κ2) is 8.61. The molecule has 0 unspecified atom stereocenters. The largest absolute Gasteiger partial charge is 0.456 e. The van der Waals surface area contributed by atoms with Crippen molar-refractivity contribution in [1.29, 1.82) is 0 Å². The fraction of sp³-hybridized carbons (Fsp3) is 0.524. The molecule has 4 rings (SSSR count). The average Bonchev–Trinajstić information content (AvgIpc) is 3.30. The number of thiophene rings is 2. The molecule has 2 aromatic rings. The molecule has 1 aliphatic heterocycles. The fourth-order valence-corrected chi connectivity index (χ4v) is 7.19. The molecule has 0 saturated heterocycles. The summed E-state index contributed by atoms with van der Waals surface area (Å²) in [4.78, 5) is 28.0. The maximum atomic E-state index is 12.8. The SMILES string of the molecule is CC(C)(C)OC(=O)c1c(NC(=O)NCc2c(Br)sc3c2CCNC3)sc2c1CCC2. The molecule has 3 heterocycles. The van der Waals surface area contributed by atoms with Gasteiger partial charge in [-0.05, 0) is 85.6 Å². The second-order valence-electron chi connectivity index (χ2n) is 8.55. The number of rotatable bonds is 4. The molecule has 30 heavy (non-hydrogen) atoms. The van der Waals surface area contributed by atoms with E-state index in [-0.39, 0.29) is 12.0 Å². The Morgan fingerprint density at radius 2 is 1.93 bits per heavy atom. The van der Waals surface area contributed by atoms with E-state index < -0.39 is 5.60 Å². The maximum absolute atomic E-state index is 12.8. The van der Waals surface area contributed by atoms with Gasteiger partial charge in [0.2, 0.25) is 0 Å². The topological polar surface area (TPSA) is 79.5 Å². The zero-order chi connectivity index (χ0) is 21.5. The lowest BCUT2D eigenvalue weighted by molar-refractivity contribution is 0.00702. The van der Waals surface area contributed by atoms with Crippen molar-refractivity contribution >= 4 is 55.6 Å². The van der Waals surface area contributed by atoms with Crippen LogP contribution in [-0.2, 0) is 37.1 Å². The monoisotopic (exact) mass is 511 g/mol. The molecule has 3 N–H and O–H groups in total. The van der Waals surface area contributed by atoms with Gasteiger partial charge in [0.25, 0.3) is 0 Å². The van der Waals surface area contributed by atoms with Gasteiger partial charge in [-0.15, -0.1) is 22.7 Å². The van der Waals surface area contributed by atoms with Crippen LogP contribution >= 0.6 is 38.6 Å². The van der Waals surface area contributed by atoms with Crippen LogP contribution < -0.4 is 16.0 Å². The lowest BCUT2D eigenvalue weighted by atomic mass is 10.0. The summed E-state index contributed by atoms with van der Waals surface area (Å²) in [5.41, 5.74) is 3.45. The summed E-state index contributed by atoms with van der Waals surface area (Å²) in [6, 6.07) is -0.305. The number of nitrogens with one attached hydrogen (secondary N) is 3. The minimum atomic E-state index is -0.580. The summed E-state index contributed by atoms with van der Waals surface area (Å²) in [5, 5.41) is 9.84. The number of anilines is 1. The lowest BCUT2D eigenvalue weighted by Gasteiger charge is -2.20. The van der Waals surface area contributed by atoms with Crippen molar-refractivity contribution in [1.82, 2.24) is 10.6 Å². The molecule has 0 spiro atoms. The Labute approximate surface area is 192 Å². The third kappa shape index (κ3) is 4.59. The normalized spacial score (nSPS) is 15.5. The van der Waals surface area contributed by atoms with Gasteiger partial charge in [-0.3, -0.25) is 5.32 Å². The molecule has 162 valence electrons. The highest BCUT2D eigenvalue weighted by atomic mass is 79.9. The molecule has 0 bridgehead atoms. The van der Waals surface area contributed by atoms with E-state index in [1.165, 1.54) is 26.7 Å². The van der Waals surface area contributed by atoms with E-state index in [1.807, 2.05) is 20.8 Å². The van der Waals surface area contributed by atoms with E-state index in [4.69, 9.17) is 4.74 Å². The standard InChI is InChI=1S/C21H26BrN3O3S2/c1-21(2,3)28-19(26)16-12-5-4-6-14(12)30-18(16)25-20(27)24-9-13-11-7-8-23-10-15(11)29-17(13)22/h23H,4-10H2,1-3H3,(H2,24,25,27). The van der Waals surface area contributed by atoms with Crippen molar-refractivity contribution in [2.45, 2.75) is 65.1 Å². The first kappa shape index (κ1) is 21.8. The van der Waals surface area contributed by atoms with Gasteiger partial charge < -0.3 is 15.4 Å². The number of ether oxygens (including phenoxy) is 1. The van der Waals surface area contributed by atoms with Crippen LogP contribution in [0.15, 0.2) is 3.79 Å². The van der Waals surface area contributed by atoms with E-state index in [2.05, 4.69) is 31.9 Å². The highest BCUT2D eigenvalue weighted by Crippen LogP contribution is 2.40. The first-order valence-electron chi connectivity index (χ1n) is 10.2. The molecule has 6 nitrogen and oxygen atoms in total. The van der Waals surface area contributed by atoms with Crippen molar-refractivity contribution in [3.63, 3.8) is 0 Å². The molecule has 0 fully saturated rings. The Hall–Kier alpha value is -1.42. The van der Waals surface area contributed by atoms with Crippen molar-refractivity contribution < 1.29 is 14.3 Å². The van der Waals surface area contributed by atoms with Crippen molar-refractivity contribution in [3.8, 4) is 0 Å². The molecule has 1 aliphatic carbocycles. The Morgan fingerprint density at radius 3 is 2.70 bits per heavy atom. The average molecular weight is 512 g/mol. The molecule has 0 aromatic carbocycles. The molecule has 0 saturated carbocycles. The third-order valence-corrected chi connectivity index (χ3v) is 8.40. The molecule has 2 aromatic heterocycles. The van der Waals surface area contributed by atoms with Gasteiger partial charge in [0, 0.05) is 22.8 Å². The number of urea groups is 1. The molecular weight excluding hydrogens is 486 g/mol. The molecule has 9 heteroatoms. The maximum Gasteiger partial charge on any atom is 0.341 e. The van der Waals surface area contributed by atoms with E-state index in [1.54, 1.807) is 11.3 Å². The van der Waals surface area contributed by atoms with Gasteiger partial charge in [0.05, 0.1) is 9.35 Å². The minimum absolute atomic E-state index is 0.305. The van der Waals surface area contributed by atoms with Gasteiger partial charge in [-0.1, -0.05) is 0 Å². The number of fused-ring (bicyclic) bond motifs is 2. The first-order valence-corrected chi connectivity index (χ1v) is 12.6. The Balaban J connectivity index is 1.48. The minimum Gasteiger partial charge on any atom is -0.456 e. The number of halogens is 1. The highest BCUT2D eigenvalue weighted by Gasteiger charge is 2.30. The number of amides is 2. The number of esters is 1. The molecule has 0 atom stereocenters. The molecule has 2 aliphatic rings. The summed E-state index contributed by atoms with van der Waals surface area (Å²) in [5.74, 6) is -0.362. The van der Waals surface area contributed by atoms with Crippen molar-refractivity contribution in [2.75, 3.05) is 11.9 Å². The third-order valence-electron chi connectivity index (χ3n) is 5.17. The zero-order valence-electron chi connectivity index (χ0n) is 17.4. The number of carbonyl (C=O) groups excluding carboxylic acids is 2. The quantitative estimate of drug-likeness (QED) is 0.505.